The van der Waals surface area contributed by atoms with Crippen LogP contribution in [-0.4, -0.2) is 16.6 Å². The van der Waals surface area contributed by atoms with Gasteiger partial charge in [-0.25, -0.2) is 4.79 Å². The summed E-state index contributed by atoms with van der Waals surface area (Å²) in [5.41, 5.74) is 2.83. The van der Waals surface area contributed by atoms with E-state index in [1.807, 2.05) is 37.3 Å². The van der Waals surface area contributed by atoms with Gasteiger partial charge < -0.3 is 30.2 Å². The molecule has 1 atom stereocenters. The Morgan fingerprint density at radius 1 is 1.03 bits per heavy atom. The number of aromatic nitrogens is 1. The van der Waals surface area contributed by atoms with E-state index in [2.05, 4.69) is 16.7 Å². The Bertz CT molecular complexity index is 1200. The SMILES string of the molecule is Cc1cccc(Cc2ccc([C@H](CC(=O)[O-])NC(=O)Nc3c([O-])ccn(C)c3=O)cc2)c1.[Na+].[Na+]. The summed E-state index contributed by atoms with van der Waals surface area (Å²) in [7, 11) is 1.45. The number of amides is 2. The van der Waals surface area contributed by atoms with Crippen LogP contribution in [0.2, 0.25) is 0 Å². The number of nitrogens with one attached hydrogen (secondary N) is 2. The third-order valence-corrected chi connectivity index (χ3v) is 5.02. The third-order valence-electron chi connectivity index (χ3n) is 5.02. The molecule has 8 nitrogen and oxygen atoms in total. The third kappa shape index (κ3) is 8.30. The first-order chi connectivity index (χ1) is 15.2. The Morgan fingerprint density at radius 2 is 1.71 bits per heavy atom. The summed E-state index contributed by atoms with van der Waals surface area (Å²) >= 11 is 0. The van der Waals surface area contributed by atoms with Gasteiger partial charge in [0.1, 0.15) is 5.69 Å². The zero-order valence-electron chi connectivity index (χ0n) is 19.8. The second-order valence-corrected chi connectivity index (χ2v) is 7.61. The minimum Gasteiger partial charge on any atom is -0.871 e. The average Bonchev–Trinajstić information content (AvgIpc) is 2.74. The van der Waals surface area contributed by atoms with Crippen molar-refractivity contribution in [2.75, 3.05) is 5.32 Å². The predicted octanol–water partition coefficient (Wildman–Crippen LogP) is -4.63. The molecule has 0 spiro atoms. The summed E-state index contributed by atoms with van der Waals surface area (Å²) in [6.07, 6.45) is 1.54. The van der Waals surface area contributed by atoms with Crippen molar-refractivity contribution in [2.24, 2.45) is 7.05 Å². The van der Waals surface area contributed by atoms with Gasteiger partial charge in [-0.1, -0.05) is 65.9 Å². The maximum Gasteiger partial charge on any atom is 1.00 e. The van der Waals surface area contributed by atoms with Gasteiger partial charge >= 0.3 is 65.1 Å². The van der Waals surface area contributed by atoms with E-state index in [-0.39, 0.29) is 59.1 Å². The van der Waals surface area contributed by atoms with Crippen LogP contribution in [0.15, 0.2) is 65.6 Å². The molecule has 0 bridgehead atoms. The Balaban J connectivity index is 0.00000289. The number of pyridine rings is 1. The predicted molar refractivity (Wildman–Crippen MR) is 116 cm³/mol. The van der Waals surface area contributed by atoms with Crippen molar-refractivity contribution in [3.63, 3.8) is 0 Å². The number of carbonyl (C=O) groups excluding carboxylic acids is 2. The minimum absolute atomic E-state index is 0. The molecule has 166 valence electrons. The monoisotopic (exact) mass is 479 g/mol. The van der Waals surface area contributed by atoms with Gasteiger partial charge in [-0.15, -0.1) is 0 Å². The summed E-state index contributed by atoms with van der Waals surface area (Å²) in [5.74, 6) is -1.99. The van der Waals surface area contributed by atoms with E-state index in [4.69, 9.17) is 0 Å². The number of carbonyl (C=O) groups is 2. The largest absolute Gasteiger partial charge is 1.00 e. The van der Waals surface area contributed by atoms with Gasteiger partial charge in [-0.3, -0.25) is 4.79 Å². The van der Waals surface area contributed by atoms with E-state index in [1.54, 1.807) is 12.1 Å². The van der Waals surface area contributed by atoms with Crippen LogP contribution >= 0.6 is 0 Å². The average molecular weight is 479 g/mol. The van der Waals surface area contributed by atoms with Crippen LogP contribution < -0.4 is 85.5 Å². The Kier molecular flexibility index (Phi) is 12.1. The van der Waals surface area contributed by atoms with Gasteiger partial charge in [0.15, 0.2) is 0 Å². The number of aryl methyl sites for hydroxylation is 2. The number of nitrogens with zero attached hydrogens (tertiary/aromatic N) is 1. The summed E-state index contributed by atoms with van der Waals surface area (Å²) in [4.78, 5) is 35.7. The maximum atomic E-state index is 12.4. The molecule has 10 heteroatoms. The van der Waals surface area contributed by atoms with E-state index in [1.165, 1.54) is 13.2 Å². The Labute approximate surface area is 242 Å². The molecule has 0 aliphatic carbocycles. The molecule has 3 rings (SSSR count). The van der Waals surface area contributed by atoms with Crippen molar-refractivity contribution in [1.29, 1.82) is 0 Å². The molecule has 0 saturated heterocycles. The number of carboxylic acid groups (broad SMARTS) is 1. The first-order valence-electron chi connectivity index (χ1n) is 10.0. The summed E-state index contributed by atoms with van der Waals surface area (Å²) in [6.45, 7) is 2.02. The second-order valence-electron chi connectivity index (χ2n) is 7.61. The molecule has 0 aliphatic heterocycles. The molecule has 1 heterocycles. The second kappa shape index (κ2) is 13.7. The molecule has 2 aromatic carbocycles. The van der Waals surface area contributed by atoms with Crippen molar-refractivity contribution in [1.82, 2.24) is 9.88 Å². The van der Waals surface area contributed by atoms with Gasteiger partial charge in [-0.2, -0.15) is 0 Å². The standard InChI is InChI=1S/C24H25N3O5.2Na/c1-15-4-3-5-17(12-15)13-16-6-8-18(9-7-16)19(14-21(29)30)25-24(32)26-22-20(28)10-11-27(2)23(22)31;;/h3-12,19,28H,13-14H2,1-2H3,(H,29,30)(H2,25,26,32);;/q;2*+1/p-2/t19-;;/m0../s1. The van der Waals surface area contributed by atoms with Gasteiger partial charge in [0.2, 0.25) is 0 Å². The Morgan fingerprint density at radius 3 is 2.32 bits per heavy atom. The van der Waals surface area contributed by atoms with Crippen LogP contribution in [0.3, 0.4) is 0 Å². The number of urea groups is 1. The Hall–Kier alpha value is -2.07. The van der Waals surface area contributed by atoms with Crippen LogP contribution in [0.5, 0.6) is 5.75 Å². The molecule has 3 aromatic rings. The van der Waals surface area contributed by atoms with E-state index in [0.717, 1.165) is 27.3 Å². The summed E-state index contributed by atoms with van der Waals surface area (Å²) in [6, 6.07) is 14.7. The molecular formula is C24H23N3Na2O5. The van der Waals surface area contributed by atoms with E-state index >= 15 is 0 Å². The maximum absolute atomic E-state index is 12.4. The topological polar surface area (TPSA) is 126 Å². The molecule has 2 amide bonds. The van der Waals surface area contributed by atoms with Crippen LogP contribution in [0, 0.1) is 6.92 Å². The van der Waals surface area contributed by atoms with Crippen LogP contribution in [0.4, 0.5) is 10.5 Å². The van der Waals surface area contributed by atoms with E-state index in [0.29, 0.717) is 12.0 Å². The van der Waals surface area contributed by atoms with Gasteiger partial charge in [0.05, 0.1) is 6.04 Å². The molecule has 0 aliphatic rings. The first kappa shape index (κ1) is 30.0. The molecule has 0 radical (unpaired) electrons. The molecule has 0 fully saturated rings. The molecule has 34 heavy (non-hydrogen) atoms. The van der Waals surface area contributed by atoms with Crippen molar-refractivity contribution >= 4 is 17.7 Å². The molecule has 0 saturated carbocycles. The number of carboxylic acids is 1. The van der Waals surface area contributed by atoms with Gasteiger partial charge in [-0.05, 0) is 30.0 Å². The van der Waals surface area contributed by atoms with E-state index < -0.39 is 41.5 Å². The molecular weight excluding hydrogens is 456 g/mol. The number of anilines is 1. The van der Waals surface area contributed by atoms with Crippen LogP contribution in [0.1, 0.15) is 34.7 Å². The first-order valence-corrected chi connectivity index (χ1v) is 10.0. The van der Waals surface area contributed by atoms with Crippen molar-refractivity contribution in [2.45, 2.75) is 25.8 Å². The van der Waals surface area contributed by atoms with Crippen LogP contribution in [0.25, 0.3) is 0 Å². The summed E-state index contributed by atoms with van der Waals surface area (Å²) < 4.78 is 1.16. The summed E-state index contributed by atoms with van der Waals surface area (Å²) in [5, 5.41) is 27.9. The fraction of sp³-hybridized carbons (Fsp3) is 0.208. The molecule has 0 unspecified atom stereocenters. The molecule has 2 N–H and O–H groups in total. The number of benzene rings is 2. The zero-order valence-corrected chi connectivity index (χ0v) is 23.8. The van der Waals surface area contributed by atoms with Gasteiger partial charge in [0, 0.05) is 25.6 Å². The quantitative estimate of drug-likeness (QED) is 0.330. The fourth-order valence-corrected chi connectivity index (χ4v) is 3.38. The number of rotatable bonds is 7. The van der Waals surface area contributed by atoms with E-state index in [9.17, 15) is 24.6 Å². The van der Waals surface area contributed by atoms with Crippen molar-refractivity contribution in [3.05, 3.63) is 93.4 Å². The zero-order chi connectivity index (χ0) is 23.3. The van der Waals surface area contributed by atoms with Gasteiger partial charge in [0.25, 0.3) is 5.56 Å². The number of aliphatic carboxylic acids is 1. The van der Waals surface area contributed by atoms with Crippen LogP contribution in [-0.2, 0) is 18.3 Å². The smallest absolute Gasteiger partial charge is 0.871 e. The number of hydrogen-bond donors (Lipinski definition) is 2. The number of hydrogen-bond acceptors (Lipinski definition) is 5. The minimum atomic E-state index is -1.35. The normalized spacial score (nSPS) is 10.9. The van der Waals surface area contributed by atoms with Crippen molar-refractivity contribution in [3.8, 4) is 5.75 Å². The van der Waals surface area contributed by atoms with Crippen molar-refractivity contribution < 1.29 is 78.9 Å². The molecule has 1 aromatic heterocycles. The fourth-order valence-electron chi connectivity index (χ4n) is 3.38.